The predicted octanol–water partition coefficient (Wildman–Crippen LogP) is 6.79. The number of aliphatic hydroxyl groups excluding tert-OH is 2. The summed E-state index contributed by atoms with van der Waals surface area (Å²) in [6.07, 6.45) is 29.3. The molecule has 0 fully saturated rings. The number of unbranched alkanes of at least 4 members (excludes halogenated alkanes) is 9. The van der Waals surface area contributed by atoms with Crippen LogP contribution in [0, 0.1) is 0 Å². The fourth-order valence-electron chi connectivity index (χ4n) is 4.11. The van der Waals surface area contributed by atoms with E-state index in [1.807, 2.05) is 0 Å². The number of rotatable bonds is 29. The lowest BCUT2D eigenvalue weighted by Gasteiger charge is -2.24. The van der Waals surface area contributed by atoms with Crippen molar-refractivity contribution in [1.82, 2.24) is 5.32 Å². The van der Waals surface area contributed by atoms with Crippen molar-refractivity contribution in [3.8, 4) is 0 Å². The zero-order valence-electron chi connectivity index (χ0n) is 26.8. The highest BCUT2D eigenvalue weighted by atomic mass is 31.2. The van der Waals surface area contributed by atoms with Gasteiger partial charge in [0.2, 0.25) is 5.91 Å². The Morgan fingerprint density at radius 1 is 0.791 bits per heavy atom. The van der Waals surface area contributed by atoms with Crippen LogP contribution in [0.2, 0.25) is 0 Å². The first-order valence-corrected chi connectivity index (χ1v) is 17.8. The highest BCUT2D eigenvalue weighted by Crippen LogP contribution is 2.43. The molecule has 4 unspecified atom stereocenters. The first-order chi connectivity index (χ1) is 20.8. The van der Waals surface area contributed by atoms with Crippen LogP contribution in [0.5, 0.6) is 0 Å². The van der Waals surface area contributed by atoms with E-state index in [0.717, 1.165) is 57.8 Å². The second-order valence-electron chi connectivity index (χ2n) is 10.8. The van der Waals surface area contributed by atoms with E-state index in [-0.39, 0.29) is 19.6 Å². The second kappa shape index (κ2) is 29.1. The maximum atomic E-state index is 12.6. The highest BCUT2D eigenvalue weighted by molar-refractivity contribution is 7.47. The van der Waals surface area contributed by atoms with Gasteiger partial charge in [0.25, 0.3) is 0 Å². The van der Waals surface area contributed by atoms with Crippen LogP contribution in [0.1, 0.15) is 117 Å². The van der Waals surface area contributed by atoms with Gasteiger partial charge in [-0.3, -0.25) is 13.8 Å². The topological polar surface area (TPSA) is 151 Å². The van der Waals surface area contributed by atoms with Crippen LogP contribution < -0.4 is 11.1 Å². The number of carbonyl (C=O) groups excluding carboxylic acids is 1. The molecule has 0 aliphatic rings. The first kappa shape index (κ1) is 41.4. The molecule has 43 heavy (non-hydrogen) atoms. The molecule has 6 N–H and O–H groups in total. The molecule has 0 saturated heterocycles. The molecule has 10 heteroatoms. The van der Waals surface area contributed by atoms with Gasteiger partial charge in [0, 0.05) is 6.54 Å². The number of hydrogen-bond acceptors (Lipinski definition) is 7. The lowest BCUT2D eigenvalue weighted by Crippen LogP contribution is -2.46. The van der Waals surface area contributed by atoms with E-state index in [1.165, 1.54) is 31.8 Å². The van der Waals surface area contributed by atoms with Crippen molar-refractivity contribution in [2.75, 3.05) is 19.8 Å². The molecule has 1 amide bonds. The van der Waals surface area contributed by atoms with Crippen molar-refractivity contribution in [3.05, 3.63) is 48.6 Å². The summed E-state index contributed by atoms with van der Waals surface area (Å²) in [6.45, 7) is 3.78. The van der Waals surface area contributed by atoms with Gasteiger partial charge in [-0.05, 0) is 57.8 Å². The molecular formula is C33H61N2O7P. The van der Waals surface area contributed by atoms with Gasteiger partial charge in [-0.1, -0.05) is 101 Å². The molecule has 0 radical (unpaired) electrons. The maximum absolute atomic E-state index is 12.6. The Balaban J connectivity index is 4.68. The van der Waals surface area contributed by atoms with Crippen molar-refractivity contribution in [2.24, 2.45) is 5.73 Å². The summed E-state index contributed by atoms with van der Waals surface area (Å²) in [5, 5.41) is 23.7. The number of nitrogens with two attached hydrogens (primary N) is 1. The molecule has 9 nitrogen and oxygen atoms in total. The maximum Gasteiger partial charge on any atom is 0.472 e. The molecule has 0 aliphatic heterocycles. The van der Waals surface area contributed by atoms with Gasteiger partial charge in [-0.15, -0.1) is 0 Å². The number of amides is 1. The van der Waals surface area contributed by atoms with Crippen LogP contribution >= 0.6 is 7.82 Å². The largest absolute Gasteiger partial charge is 0.472 e. The van der Waals surface area contributed by atoms with Crippen molar-refractivity contribution in [2.45, 2.75) is 135 Å². The van der Waals surface area contributed by atoms with Crippen molar-refractivity contribution < 1.29 is 33.5 Å². The zero-order chi connectivity index (χ0) is 32.0. The van der Waals surface area contributed by atoms with Crippen LogP contribution in [-0.2, 0) is 18.4 Å². The predicted molar refractivity (Wildman–Crippen MR) is 177 cm³/mol. The Kier molecular flexibility index (Phi) is 28.1. The zero-order valence-corrected chi connectivity index (χ0v) is 27.7. The fourth-order valence-corrected chi connectivity index (χ4v) is 4.87. The molecule has 0 aromatic rings. The highest BCUT2D eigenvalue weighted by Gasteiger charge is 2.27. The van der Waals surface area contributed by atoms with Gasteiger partial charge in [0.15, 0.2) is 0 Å². The van der Waals surface area contributed by atoms with E-state index in [1.54, 1.807) is 6.08 Å². The number of allylic oxidation sites excluding steroid dienone is 7. The van der Waals surface area contributed by atoms with Crippen LogP contribution in [0.3, 0.4) is 0 Å². The monoisotopic (exact) mass is 628 g/mol. The average Bonchev–Trinajstić information content (AvgIpc) is 2.97. The summed E-state index contributed by atoms with van der Waals surface area (Å²) in [5.41, 5.74) is 5.32. The quantitative estimate of drug-likeness (QED) is 0.0345. The van der Waals surface area contributed by atoms with Gasteiger partial charge in [0.1, 0.15) is 0 Å². The fraction of sp³-hybridized carbons (Fsp3) is 0.727. The molecule has 0 aliphatic carbocycles. The Bertz CT molecular complexity index is 832. The van der Waals surface area contributed by atoms with E-state index in [9.17, 15) is 24.5 Å². The second-order valence-corrected chi connectivity index (χ2v) is 12.3. The van der Waals surface area contributed by atoms with Gasteiger partial charge in [-0.2, -0.15) is 0 Å². The average molecular weight is 629 g/mol. The van der Waals surface area contributed by atoms with Crippen LogP contribution in [0.15, 0.2) is 48.6 Å². The minimum atomic E-state index is -4.40. The Morgan fingerprint density at radius 2 is 1.33 bits per heavy atom. The Hall–Kier alpha value is -1.58. The summed E-state index contributed by atoms with van der Waals surface area (Å²) >= 11 is 0. The standard InChI is InChI=1S/C33H61N2O7P/c1-3-5-7-9-11-13-14-15-17-19-21-23-25-32(37)31(29-42-43(39,40)41-27-26-34)35-33(38)28-30(36)24-22-20-18-16-12-10-8-6-4-2/h9-12,15,17,23,25,30-32,36-37H,3-8,13-14,16,18-22,24,26-29,34H2,1-2H3,(H,35,38)(H,39,40)/b11-9+,12-10-,17-15+,25-23+. The van der Waals surface area contributed by atoms with Gasteiger partial charge in [-0.25, -0.2) is 4.57 Å². The molecule has 0 saturated carbocycles. The molecule has 0 aromatic carbocycles. The third-order valence-corrected chi connectivity index (χ3v) is 7.64. The molecule has 0 aromatic heterocycles. The molecule has 0 spiro atoms. The van der Waals surface area contributed by atoms with Gasteiger partial charge in [0.05, 0.1) is 37.9 Å². The number of nitrogens with one attached hydrogen (secondary N) is 1. The van der Waals surface area contributed by atoms with Gasteiger partial charge >= 0.3 is 7.82 Å². The van der Waals surface area contributed by atoms with E-state index in [0.29, 0.717) is 12.8 Å². The summed E-state index contributed by atoms with van der Waals surface area (Å²) in [7, 11) is -4.40. The van der Waals surface area contributed by atoms with E-state index in [4.69, 9.17) is 14.8 Å². The third-order valence-electron chi connectivity index (χ3n) is 6.66. The summed E-state index contributed by atoms with van der Waals surface area (Å²) in [4.78, 5) is 22.5. The molecule has 250 valence electrons. The molecule has 0 heterocycles. The van der Waals surface area contributed by atoms with E-state index < -0.39 is 38.6 Å². The number of carbonyl (C=O) groups is 1. The molecule has 0 bridgehead atoms. The Labute approximate surface area is 261 Å². The smallest absolute Gasteiger partial charge is 0.393 e. The van der Waals surface area contributed by atoms with Crippen molar-refractivity contribution >= 4 is 13.7 Å². The molecule has 4 atom stereocenters. The number of phosphoric acid groups is 1. The summed E-state index contributed by atoms with van der Waals surface area (Å²) < 4.78 is 21.8. The van der Waals surface area contributed by atoms with Crippen LogP contribution in [0.4, 0.5) is 0 Å². The molecule has 0 rings (SSSR count). The van der Waals surface area contributed by atoms with E-state index >= 15 is 0 Å². The lowest BCUT2D eigenvalue weighted by atomic mass is 10.1. The minimum absolute atomic E-state index is 0.0388. The molecular weight excluding hydrogens is 567 g/mol. The summed E-state index contributed by atoms with van der Waals surface area (Å²) in [5.74, 6) is -0.477. The lowest BCUT2D eigenvalue weighted by molar-refractivity contribution is -0.124. The van der Waals surface area contributed by atoms with E-state index in [2.05, 4.69) is 55.6 Å². The minimum Gasteiger partial charge on any atom is -0.393 e. The van der Waals surface area contributed by atoms with Crippen LogP contribution in [0.25, 0.3) is 0 Å². The third kappa shape index (κ3) is 27.7. The number of phosphoric ester groups is 1. The first-order valence-electron chi connectivity index (χ1n) is 16.3. The Morgan fingerprint density at radius 3 is 1.88 bits per heavy atom. The van der Waals surface area contributed by atoms with Gasteiger partial charge < -0.3 is 26.2 Å². The summed E-state index contributed by atoms with van der Waals surface area (Å²) in [6, 6.07) is -1.01. The van der Waals surface area contributed by atoms with Crippen LogP contribution in [-0.4, -0.2) is 59.0 Å². The van der Waals surface area contributed by atoms with Crippen molar-refractivity contribution in [3.63, 3.8) is 0 Å². The number of aliphatic hydroxyl groups is 2. The normalized spacial score (nSPS) is 16.0. The SMILES string of the molecule is CCCC/C=C\CCCCCC(O)CC(=O)NC(COP(=O)(O)OCCN)C(O)/C=C/CC/C=C/CC/C=C/CCCC. The number of hydrogen-bond donors (Lipinski definition) is 5. The van der Waals surface area contributed by atoms with Crippen molar-refractivity contribution in [1.29, 1.82) is 0 Å².